The minimum absolute atomic E-state index is 0.0190. The summed E-state index contributed by atoms with van der Waals surface area (Å²) in [5, 5.41) is 3.73. The Balaban J connectivity index is 1.62. The van der Waals surface area contributed by atoms with Crippen LogP contribution in [0.15, 0.2) is 34.2 Å². The van der Waals surface area contributed by atoms with Gasteiger partial charge in [-0.05, 0) is 31.9 Å². The summed E-state index contributed by atoms with van der Waals surface area (Å²) in [7, 11) is 0. The summed E-state index contributed by atoms with van der Waals surface area (Å²) in [6.45, 7) is 3.91. The lowest BCUT2D eigenvalue weighted by Gasteiger charge is -2.15. The molecule has 1 fully saturated rings. The van der Waals surface area contributed by atoms with Crippen molar-refractivity contribution in [3.05, 3.63) is 34.6 Å². The van der Waals surface area contributed by atoms with Crippen LogP contribution in [0.25, 0.3) is 10.9 Å². The summed E-state index contributed by atoms with van der Waals surface area (Å²) >= 11 is 1.21. The Hall–Kier alpha value is -2.35. The van der Waals surface area contributed by atoms with E-state index in [2.05, 4.69) is 10.3 Å². The second-order valence-electron chi connectivity index (χ2n) is 6.11. The van der Waals surface area contributed by atoms with Gasteiger partial charge in [-0.3, -0.25) is 19.0 Å². The first-order chi connectivity index (χ1) is 12.6. The molecule has 0 aliphatic carbocycles. The zero-order valence-corrected chi connectivity index (χ0v) is 15.6. The first-order valence-corrected chi connectivity index (χ1v) is 9.75. The Bertz CT molecular complexity index is 874. The van der Waals surface area contributed by atoms with Crippen LogP contribution in [0, 0.1) is 0 Å². The number of amides is 2. The number of hydrogen-bond acceptors (Lipinski definition) is 5. The highest BCUT2D eigenvalue weighted by Gasteiger charge is 2.18. The molecule has 138 valence electrons. The standard InChI is InChI=1S/C18H22N4O3S/c1-2-22-17(25)13-7-3-4-8-14(13)20-18(22)26-12-15(23)19-11-16(24)21-9-5-6-10-21/h3-4,7-8H,2,5-6,9-12H2,1H3,(H,19,23). The number of thioether (sulfide) groups is 1. The first kappa shape index (κ1) is 18.4. The van der Waals surface area contributed by atoms with Gasteiger partial charge in [0.1, 0.15) is 0 Å². The van der Waals surface area contributed by atoms with Gasteiger partial charge in [0.2, 0.25) is 11.8 Å². The minimum atomic E-state index is -0.243. The number of benzene rings is 1. The van der Waals surface area contributed by atoms with Crippen LogP contribution in [-0.4, -0.2) is 51.7 Å². The summed E-state index contributed by atoms with van der Waals surface area (Å²) in [5.74, 6) is -0.180. The monoisotopic (exact) mass is 374 g/mol. The van der Waals surface area contributed by atoms with E-state index in [0.717, 1.165) is 25.9 Å². The third kappa shape index (κ3) is 4.07. The molecule has 1 aromatic carbocycles. The van der Waals surface area contributed by atoms with E-state index in [4.69, 9.17) is 0 Å². The predicted molar refractivity (Wildman–Crippen MR) is 101 cm³/mol. The van der Waals surface area contributed by atoms with E-state index in [1.165, 1.54) is 11.8 Å². The summed E-state index contributed by atoms with van der Waals surface area (Å²) < 4.78 is 1.57. The second-order valence-corrected chi connectivity index (χ2v) is 7.06. The van der Waals surface area contributed by atoms with E-state index in [-0.39, 0.29) is 29.7 Å². The Morgan fingerprint density at radius 1 is 1.23 bits per heavy atom. The summed E-state index contributed by atoms with van der Waals surface area (Å²) in [6.07, 6.45) is 2.05. The lowest BCUT2D eigenvalue weighted by Crippen LogP contribution is -2.39. The fourth-order valence-electron chi connectivity index (χ4n) is 2.97. The van der Waals surface area contributed by atoms with Crippen LogP contribution in [-0.2, 0) is 16.1 Å². The quantitative estimate of drug-likeness (QED) is 0.608. The zero-order valence-electron chi connectivity index (χ0n) is 14.7. The molecule has 3 rings (SSSR count). The fraction of sp³-hybridized carbons (Fsp3) is 0.444. The molecule has 0 saturated carbocycles. The molecule has 0 atom stereocenters. The molecule has 26 heavy (non-hydrogen) atoms. The van der Waals surface area contributed by atoms with Gasteiger partial charge in [-0.1, -0.05) is 23.9 Å². The molecule has 2 amide bonds. The van der Waals surface area contributed by atoms with Crippen LogP contribution >= 0.6 is 11.8 Å². The van der Waals surface area contributed by atoms with Gasteiger partial charge >= 0.3 is 0 Å². The smallest absolute Gasteiger partial charge is 0.262 e. The molecule has 0 bridgehead atoms. The molecule has 7 nitrogen and oxygen atoms in total. The van der Waals surface area contributed by atoms with E-state index >= 15 is 0 Å². The molecule has 1 saturated heterocycles. The Morgan fingerprint density at radius 3 is 2.69 bits per heavy atom. The number of nitrogens with one attached hydrogen (secondary N) is 1. The third-order valence-electron chi connectivity index (χ3n) is 4.37. The number of carbonyl (C=O) groups is 2. The van der Waals surface area contributed by atoms with E-state index in [1.807, 2.05) is 19.1 Å². The van der Waals surface area contributed by atoms with Gasteiger partial charge in [0, 0.05) is 19.6 Å². The van der Waals surface area contributed by atoms with Crippen LogP contribution in [0.3, 0.4) is 0 Å². The lowest BCUT2D eigenvalue weighted by atomic mass is 10.2. The Kier molecular flexibility index (Phi) is 5.92. The number of fused-ring (bicyclic) bond motifs is 1. The Morgan fingerprint density at radius 2 is 1.96 bits per heavy atom. The molecule has 1 aliphatic heterocycles. The summed E-state index contributed by atoms with van der Waals surface area (Å²) in [6, 6.07) is 7.18. The maximum absolute atomic E-state index is 12.5. The molecular weight excluding hydrogens is 352 g/mol. The van der Waals surface area contributed by atoms with Gasteiger partial charge < -0.3 is 10.2 Å². The van der Waals surface area contributed by atoms with Gasteiger partial charge in [-0.2, -0.15) is 0 Å². The van der Waals surface area contributed by atoms with Gasteiger partial charge in [0.25, 0.3) is 5.56 Å². The van der Waals surface area contributed by atoms with E-state index in [1.54, 1.807) is 21.6 Å². The minimum Gasteiger partial charge on any atom is -0.346 e. The van der Waals surface area contributed by atoms with Crippen LogP contribution in [0.2, 0.25) is 0 Å². The Labute approximate surface area is 155 Å². The highest BCUT2D eigenvalue weighted by Crippen LogP contribution is 2.17. The maximum atomic E-state index is 12.5. The van der Waals surface area contributed by atoms with Crippen LogP contribution in [0.5, 0.6) is 0 Å². The molecule has 8 heteroatoms. The molecule has 1 N–H and O–H groups in total. The summed E-state index contributed by atoms with van der Waals surface area (Å²) in [5.41, 5.74) is 0.513. The van der Waals surface area contributed by atoms with Crippen molar-refractivity contribution in [3.63, 3.8) is 0 Å². The van der Waals surface area contributed by atoms with Gasteiger partial charge in [-0.15, -0.1) is 0 Å². The van der Waals surface area contributed by atoms with Crippen molar-refractivity contribution in [2.24, 2.45) is 0 Å². The highest BCUT2D eigenvalue weighted by molar-refractivity contribution is 7.99. The predicted octanol–water partition coefficient (Wildman–Crippen LogP) is 1.25. The normalized spacial score (nSPS) is 14.0. The van der Waals surface area contributed by atoms with Crippen molar-refractivity contribution in [3.8, 4) is 0 Å². The molecule has 2 aromatic rings. The van der Waals surface area contributed by atoms with Crippen molar-refractivity contribution in [2.75, 3.05) is 25.4 Å². The molecule has 1 aliphatic rings. The van der Waals surface area contributed by atoms with Gasteiger partial charge in [-0.25, -0.2) is 4.98 Å². The first-order valence-electron chi connectivity index (χ1n) is 8.77. The zero-order chi connectivity index (χ0) is 18.5. The van der Waals surface area contributed by atoms with Crippen LogP contribution in [0.1, 0.15) is 19.8 Å². The summed E-state index contributed by atoms with van der Waals surface area (Å²) in [4.78, 5) is 42.9. The van der Waals surface area contributed by atoms with Crippen LogP contribution < -0.4 is 10.9 Å². The van der Waals surface area contributed by atoms with Crippen molar-refractivity contribution >= 4 is 34.5 Å². The van der Waals surface area contributed by atoms with Crippen molar-refractivity contribution < 1.29 is 9.59 Å². The van der Waals surface area contributed by atoms with E-state index in [0.29, 0.717) is 22.6 Å². The largest absolute Gasteiger partial charge is 0.346 e. The number of carbonyl (C=O) groups excluding carboxylic acids is 2. The maximum Gasteiger partial charge on any atom is 0.262 e. The molecule has 2 heterocycles. The number of aromatic nitrogens is 2. The average molecular weight is 374 g/mol. The molecule has 1 aromatic heterocycles. The van der Waals surface area contributed by atoms with Crippen LogP contribution in [0.4, 0.5) is 0 Å². The number of nitrogens with zero attached hydrogens (tertiary/aromatic N) is 3. The van der Waals surface area contributed by atoms with Crippen molar-refractivity contribution in [2.45, 2.75) is 31.5 Å². The molecular formula is C18H22N4O3S. The van der Waals surface area contributed by atoms with Gasteiger partial charge in [0.05, 0.1) is 23.2 Å². The number of likely N-dealkylation sites (tertiary alicyclic amines) is 1. The van der Waals surface area contributed by atoms with E-state index in [9.17, 15) is 14.4 Å². The fourth-order valence-corrected chi connectivity index (χ4v) is 3.86. The topological polar surface area (TPSA) is 84.3 Å². The average Bonchev–Trinajstić information content (AvgIpc) is 3.19. The lowest BCUT2D eigenvalue weighted by molar-refractivity contribution is -0.131. The molecule has 0 radical (unpaired) electrons. The molecule has 0 unspecified atom stereocenters. The number of para-hydroxylation sites is 1. The van der Waals surface area contributed by atoms with E-state index < -0.39 is 0 Å². The molecule has 0 spiro atoms. The van der Waals surface area contributed by atoms with Crippen molar-refractivity contribution in [1.29, 1.82) is 0 Å². The highest BCUT2D eigenvalue weighted by atomic mass is 32.2. The number of hydrogen-bond donors (Lipinski definition) is 1. The second kappa shape index (κ2) is 8.35. The number of rotatable bonds is 6. The van der Waals surface area contributed by atoms with Crippen molar-refractivity contribution in [1.82, 2.24) is 19.8 Å². The third-order valence-corrected chi connectivity index (χ3v) is 5.35. The van der Waals surface area contributed by atoms with Gasteiger partial charge in [0.15, 0.2) is 5.16 Å². The SMILES string of the molecule is CCn1c(SCC(=O)NCC(=O)N2CCCC2)nc2ccccc2c1=O.